The summed E-state index contributed by atoms with van der Waals surface area (Å²) in [6.07, 6.45) is -2.17. The van der Waals surface area contributed by atoms with E-state index in [0.717, 1.165) is 23.5 Å². The Hall–Kier alpha value is -3.65. The normalized spacial score (nSPS) is 12.5. The molecule has 0 aliphatic heterocycles. The summed E-state index contributed by atoms with van der Waals surface area (Å²) in [6.45, 7) is 1.66. The van der Waals surface area contributed by atoms with Crippen molar-refractivity contribution in [1.29, 1.82) is 0 Å². The lowest BCUT2D eigenvalue weighted by Crippen LogP contribution is -2.27. The first-order valence-electron chi connectivity index (χ1n) is 9.49. The van der Waals surface area contributed by atoms with E-state index in [0.29, 0.717) is 10.7 Å². The number of amides is 2. The molecule has 34 heavy (non-hydrogen) atoms. The number of benzene rings is 1. The summed E-state index contributed by atoms with van der Waals surface area (Å²) >= 11 is 6.58. The molecular weight excluding hydrogens is 497 g/mol. The number of anilines is 1. The number of carbonyl (C=O) groups excluding carboxylic acids is 2. The molecule has 3 aromatic heterocycles. The summed E-state index contributed by atoms with van der Waals surface area (Å²) < 4.78 is 40.5. The van der Waals surface area contributed by atoms with Gasteiger partial charge < -0.3 is 10.6 Å². The van der Waals surface area contributed by atoms with Crippen LogP contribution in [-0.2, 0) is 13.2 Å². The van der Waals surface area contributed by atoms with Crippen molar-refractivity contribution in [1.82, 2.24) is 35.3 Å². The van der Waals surface area contributed by atoms with Gasteiger partial charge in [0.1, 0.15) is 16.2 Å². The largest absolute Gasteiger partial charge is 0.417 e. The summed E-state index contributed by atoms with van der Waals surface area (Å²) in [5.74, 6) is -1.20. The number of rotatable bonds is 5. The number of fused-ring (bicyclic) bond motifs is 1. The van der Waals surface area contributed by atoms with E-state index in [9.17, 15) is 22.8 Å². The standard InChI is InChI=1S/C19H14ClF3N8O2S/c1-8(27-17(33)14-13-15(26-7-25-14)31(2)30-29-13)18-24-6-12(34-18)16(32)28-9-3-4-11(20)10(5-9)19(21,22)23/h3-8H,1-2H3,(H,27,33)(H,28,32)/t8-/m0/s1. The zero-order valence-electron chi connectivity index (χ0n) is 17.4. The summed E-state index contributed by atoms with van der Waals surface area (Å²) in [4.78, 5) is 37.5. The molecule has 1 aromatic carbocycles. The first kappa shape index (κ1) is 23.5. The van der Waals surface area contributed by atoms with Crippen molar-refractivity contribution in [3.8, 4) is 0 Å². The van der Waals surface area contributed by atoms with Crippen molar-refractivity contribution in [3.05, 3.63) is 56.9 Å². The van der Waals surface area contributed by atoms with Crippen LogP contribution in [0.1, 0.15) is 43.7 Å². The van der Waals surface area contributed by atoms with Gasteiger partial charge in [-0.3, -0.25) is 9.59 Å². The van der Waals surface area contributed by atoms with Gasteiger partial charge in [-0.05, 0) is 25.1 Å². The van der Waals surface area contributed by atoms with Crippen LogP contribution in [0.4, 0.5) is 18.9 Å². The Morgan fingerprint density at radius 3 is 2.68 bits per heavy atom. The lowest BCUT2D eigenvalue weighted by atomic mass is 10.2. The van der Waals surface area contributed by atoms with Crippen LogP contribution in [0, 0.1) is 0 Å². The van der Waals surface area contributed by atoms with Gasteiger partial charge in [0.05, 0.1) is 22.8 Å². The fourth-order valence-electron chi connectivity index (χ4n) is 2.95. The van der Waals surface area contributed by atoms with Crippen molar-refractivity contribution < 1.29 is 22.8 Å². The SMILES string of the molecule is C[C@H](NC(=O)c1ncnc2c1nnn2C)c1ncc(C(=O)Nc2ccc(Cl)c(C(F)(F)F)c2)s1. The molecule has 0 radical (unpaired) electrons. The monoisotopic (exact) mass is 510 g/mol. The van der Waals surface area contributed by atoms with Gasteiger partial charge >= 0.3 is 6.18 Å². The molecule has 2 amide bonds. The molecule has 15 heteroatoms. The van der Waals surface area contributed by atoms with Crippen molar-refractivity contribution >= 4 is 51.6 Å². The van der Waals surface area contributed by atoms with Crippen LogP contribution in [0.3, 0.4) is 0 Å². The quantitative estimate of drug-likeness (QED) is 0.419. The topological polar surface area (TPSA) is 128 Å². The molecule has 4 rings (SSSR count). The third-order valence-electron chi connectivity index (χ3n) is 4.60. The summed E-state index contributed by atoms with van der Waals surface area (Å²) in [6, 6.07) is 2.46. The minimum Gasteiger partial charge on any atom is -0.342 e. The van der Waals surface area contributed by atoms with E-state index in [1.54, 1.807) is 14.0 Å². The first-order valence-corrected chi connectivity index (χ1v) is 10.7. The molecule has 176 valence electrons. The van der Waals surface area contributed by atoms with Gasteiger partial charge in [-0.15, -0.1) is 16.4 Å². The number of hydrogen-bond donors (Lipinski definition) is 2. The smallest absolute Gasteiger partial charge is 0.342 e. The Labute approximate surface area is 198 Å². The lowest BCUT2D eigenvalue weighted by molar-refractivity contribution is -0.137. The van der Waals surface area contributed by atoms with Gasteiger partial charge in [0.25, 0.3) is 11.8 Å². The molecule has 10 nitrogen and oxygen atoms in total. The molecule has 4 aromatic rings. The lowest BCUT2D eigenvalue weighted by Gasteiger charge is -2.11. The van der Waals surface area contributed by atoms with E-state index < -0.39 is 34.6 Å². The molecule has 3 heterocycles. The van der Waals surface area contributed by atoms with Crippen molar-refractivity contribution in [2.75, 3.05) is 5.32 Å². The van der Waals surface area contributed by atoms with Crippen molar-refractivity contribution in [2.45, 2.75) is 19.1 Å². The zero-order chi connectivity index (χ0) is 24.6. The third-order valence-corrected chi connectivity index (χ3v) is 6.11. The van der Waals surface area contributed by atoms with E-state index in [4.69, 9.17) is 11.6 Å². The second-order valence-electron chi connectivity index (χ2n) is 7.01. The van der Waals surface area contributed by atoms with Crippen LogP contribution in [-0.4, -0.2) is 41.8 Å². The number of carbonyl (C=O) groups is 2. The Bertz CT molecular complexity index is 1400. The minimum atomic E-state index is -4.66. The number of thiazole rings is 1. The second kappa shape index (κ2) is 8.95. The molecule has 0 unspecified atom stereocenters. The van der Waals surface area contributed by atoms with E-state index in [1.165, 1.54) is 23.3 Å². The third kappa shape index (κ3) is 4.68. The number of hydrogen-bond acceptors (Lipinski definition) is 8. The summed E-state index contributed by atoms with van der Waals surface area (Å²) in [5.41, 5.74) is -0.486. The zero-order valence-corrected chi connectivity index (χ0v) is 19.0. The van der Waals surface area contributed by atoms with E-state index >= 15 is 0 Å². The van der Waals surface area contributed by atoms with Crippen LogP contribution in [0.5, 0.6) is 0 Å². The number of nitrogens with zero attached hydrogens (tertiary/aromatic N) is 6. The Morgan fingerprint density at radius 1 is 1.18 bits per heavy atom. The van der Waals surface area contributed by atoms with Crippen LogP contribution in [0.2, 0.25) is 5.02 Å². The van der Waals surface area contributed by atoms with Crippen LogP contribution in [0.15, 0.2) is 30.7 Å². The summed E-state index contributed by atoms with van der Waals surface area (Å²) in [7, 11) is 1.63. The highest BCUT2D eigenvalue weighted by Gasteiger charge is 2.33. The Kier molecular flexibility index (Phi) is 6.18. The van der Waals surface area contributed by atoms with E-state index in [2.05, 4.69) is 35.9 Å². The fourth-order valence-corrected chi connectivity index (χ4v) is 3.99. The van der Waals surface area contributed by atoms with Crippen molar-refractivity contribution in [2.24, 2.45) is 7.05 Å². The van der Waals surface area contributed by atoms with Gasteiger partial charge in [0.15, 0.2) is 16.9 Å². The van der Waals surface area contributed by atoms with Crippen LogP contribution < -0.4 is 10.6 Å². The summed E-state index contributed by atoms with van der Waals surface area (Å²) in [5, 5.41) is 12.7. The molecule has 0 spiro atoms. The molecule has 0 saturated carbocycles. The first-order chi connectivity index (χ1) is 16.0. The number of alkyl halides is 3. The number of halogens is 4. The highest BCUT2D eigenvalue weighted by Crippen LogP contribution is 2.36. The molecule has 0 aliphatic rings. The molecule has 0 saturated heterocycles. The van der Waals surface area contributed by atoms with Crippen LogP contribution in [0.25, 0.3) is 11.2 Å². The number of nitrogens with one attached hydrogen (secondary N) is 2. The maximum Gasteiger partial charge on any atom is 0.417 e. The van der Waals surface area contributed by atoms with Gasteiger partial charge in [-0.1, -0.05) is 16.8 Å². The van der Waals surface area contributed by atoms with Gasteiger partial charge in [-0.2, -0.15) is 13.2 Å². The maximum atomic E-state index is 13.0. The average molecular weight is 511 g/mol. The van der Waals surface area contributed by atoms with E-state index in [-0.39, 0.29) is 21.8 Å². The van der Waals surface area contributed by atoms with Gasteiger partial charge in [-0.25, -0.2) is 19.6 Å². The average Bonchev–Trinajstić information content (AvgIpc) is 3.42. The van der Waals surface area contributed by atoms with Crippen LogP contribution >= 0.6 is 22.9 Å². The highest BCUT2D eigenvalue weighted by atomic mass is 35.5. The van der Waals surface area contributed by atoms with Gasteiger partial charge in [0, 0.05) is 12.7 Å². The number of aromatic nitrogens is 6. The van der Waals surface area contributed by atoms with E-state index in [1.807, 2.05) is 0 Å². The number of aryl methyl sites for hydroxylation is 1. The highest BCUT2D eigenvalue weighted by molar-refractivity contribution is 7.13. The van der Waals surface area contributed by atoms with Crippen molar-refractivity contribution in [3.63, 3.8) is 0 Å². The molecule has 1 atom stereocenters. The minimum absolute atomic E-state index is 0.0303. The van der Waals surface area contributed by atoms with Gasteiger partial charge in [0.2, 0.25) is 0 Å². The molecule has 0 aliphatic carbocycles. The molecule has 0 fully saturated rings. The Morgan fingerprint density at radius 2 is 1.94 bits per heavy atom. The molecule has 2 N–H and O–H groups in total. The molecule has 0 bridgehead atoms. The molecular formula is C19H14ClF3N8O2S. The second-order valence-corrected chi connectivity index (χ2v) is 8.48. The predicted octanol–water partition coefficient (Wildman–Crippen LogP) is 3.63. The Balaban J connectivity index is 1.46. The predicted molar refractivity (Wildman–Crippen MR) is 117 cm³/mol. The maximum absolute atomic E-state index is 13.0. The fraction of sp³-hybridized carbons (Fsp3) is 0.211.